The monoisotopic (exact) mass is 381 g/mol. The lowest BCUT2D eigenvalue weighted by atomic mass is 9.94. The normalized spacial score (nSPS) is 22.9. The van der Waals surface area contributed by atoms with Gasteiger partial charge in [0.2, 0.25) is 0 Å². The molecule has 1 fully saturated rings. The van der Waals surface area contributed by atoms with Gasteiger partial charge in [-0.1, -0.05) is 12.1 Å². The van der Waals surface area contributed by atoms with Gasteiger partial charge in [-0.3, -0.25) is 4.98 Å². The average Bonchev–Trinajstić information content (AvgIpc) is 3.11. The molecule has 1 saturated heterocycles. The van der Waals surface area contributed by atoms with Crippen molar-refractivity contribution in [1.29, 1.82) is 0 Å². The molecular weight excluding hydrogens is 355 g/mol. The first kappa shape index (κ1) is 19.8. The quantitative estimate of drug-likeness (QED) is 0.713. The number of aliphatic hydroxyl groups excluding tert-OH is 1. The lowest BCUT2D eigenvalue weighted by Gasteiger charge is -2.28. The molecule has 2 heterocycles. The lowest BCUT2D eigenvalue weighted by Crippen LogP contribution is -2.46. The van der Waals surface area contributed by atoms with Gasteiger partial charge in [0, 0.05) is 13.2 Å². The third-order valence-corrected chi connectivity index (χ3v) is 5.21. The molecule has 3 N–H and O–H groups in total. The fourth-order valence-electron chi connectivity index (χ4n) is 3.62. The van der Waals surface area contributed by atoms with Crippen LogP contribution < -0.4 is 10.6 Å². The third-order valence-electron chi connectivity index (χ3n) is 5.21. The molecule has 0 aliphatic carbocycles. The highest BCUT2D eigenvalue weighted by Gasteiger charge is 2.38. The van der Waals surface area contributed by atoms with Crippen LogP contribution in [-0.4, -0.2) is 35.8 Å². The zero-order valence-corrected chi connectivity index (χ0v) is 15.2. The fourth-order valence-corrected chi connectivity index (χ4v) is 3.62. The lowest BCUT2D eigenvalue weighted by molar-refractivity contribution is -0.137. The molecule has 1 aliphatic rings. The Morgan fingerprint density at radius 2 is 2.07 bits per heavy atom. The Labute approximate surface area is 158 Å². The SMILES string of the molecule is CNCC[C@]1(CO)CC[C@H](c2cc(-c3cccc(C(F)(F)F)c3)ccn2)N1.[HH]. The summed E-state index contributed by atoms with van der Waals surface area (Å²) < 4.78 is 39.0. The van der Waals surface area contributed by atoms with E-state index < -0.39 is 11.7 Å². The molecule has 27 heavy (non-hydrogen) atoms. The molecule has 1 aromatic carbocycles. The number of halogens is 3. The summed E-state index contributed by atoms with van der Waals surface area (Å²) in [5, 5.41) is 16.4. The minimum absolute atomic E-state index is 0. The van der Waals surface area contributed by atoms with E-state index in [9.17, 15) is 18.3 Å². The van der Waals surface area contributed by atoms with Crippen LogP contribution >= 0.6 is 0 Å². The molecule has 0 bridgehead atoms. The summed E-state index contributed by atoms with van der Waals surface area (Å²) in [5.74, 6) is 0. The van der Waals surface area contributed by atoms with Crippen molar-refractivity contribution in [3.63, 3.8) is 0 Å². The molecule has 1 aromatic heterocycles. The molecule has 0 spiro atoms. The number of hydrogen-bond donors (Lipinski definition) is 3. The molecule has 1 aliphatic heterocycles. The maximum atomic E-state index is 13.0. The molecule has 7 heteroatoms. The van der Waals surface area contributed by atoms with Gasteiger partial charge in [-0.05, 0) is 68.2 Å². The maximum Gasteiger partial charge on any atom is 0.416 e. The number of aromatic nitrogens is 1. The molecule has 0 saturated carbocycles. The van der Waals surface area contributed by atoms with Gasteiger partial charge in [0.05, 0.1) is 23.9 Å². The first-order valence-electron chi connectivity index (χ1n) is 9.04. The summed E-state index contributed by atoms with van der Waals surface area (Å²) in [6.07, 6.45) is -0.301. The first-order chi connectivity index (χ1) is 12.9. The van der Waals surface area contributed by atoms with Crippen LogP contribution in [0, 0.1) is 0 Å². The van der Waals surface area contributed by atoms with Crippen molar-refractivity contribution in [2.45, 2.75) is 37.0 Å². The van der Waals surface area contributed by atoms with Gasteiger partial charge in [0.1, 0.15) is 0 Å². The highest BCUT2D eigenvalue weighted by molar-refractivity contribution is 5.64. The van der Waals surface area contributed by atoms with Gasteiger partial charge in [0.25, 0.3) is 0 Å². The highest BCUT2D eigenvalue weighted by Crippen LogP contribution is 2.36. The van der Waals surface area contributed by atoms with Crippen molar-refractivity contribution < 1.29 is 19.7 Å². The van der Waals surface area contributed by atoms with Gasteiger partial charge in [0.15, 0.2) is 0 Å². The fraction of sp³-hybridized carbons (Fsp3) is 0.450. The standard InChI is InChI=1S/C20H24F3N3O.H2/c1-24-10-8-19(13-27)7-5-17(26-19)18-12-15(6-9-25-18)14-3-2-4-16(11-14)20(21,22)23;/h2-4,6,9,11-12,17,24,26-27H,5,7-8,10,13H2,1H3;1H/t17-,19+;/m1./s1. The molecule has 3 rings (SSSR count). The Hall–Kier alpha value is -1.96. The molecule has 4 nitrogen and oxygen atoms in total. The summed E-state index contributed by atoms with van der Waals surface area (Å²) in [4.78, 5) is 4.42. The summed E-state index contributed by atoms with van der Waals surface area (Å²) in [6.45, 7) is 0.830. The minimum Gasteiger partial charge on any atom is -0.394 e. The molecule has 2 atom stereocenters. The van der Waals surface area contributed by atoms with Gasteiger partial charge in [-0.15, -0.1) is 0 Å². The Morgan fingerprint density at radius 3 is 2.78 bits per heavy atom. The average molecular weight is 381 g/mol. The van der Waals surface area contributed by atoms with E-state index in [1.807, 2.05) is 13.1 Å². The maximum absolute atomic E-state index is 13.0. The van der Waals surface area contributed by atoms with Crippen LogP contribution in [-0.2, 0) is 6.18 Å². The topological polar surface area (TPSA) is 57.2 Å². The molecule has 148 valence electrons. The predicted octanol–water partition coefficient (Wildman–Crippen LogP) is 3.78. The predicted molar refractivity (Wildman–Crippen MR) is 100 cm³/mol. The highest BCUT2D eigenvalue weighted by atomic mass is 19.4. The Kier molecular flexibility index (Phi) is 5.83. The van der Waals surface area contributed by atoms with Crippen LogP contribution in [0.25, 0.3) is 11.1 Å². The van der Waals surface area contributed by atoms with Crippen molar-refractivity contribution in [1.82, 2.24) is 15.6 Å². The van der Waals surface area contributed by atoms with Crippen LogP contribution in [0.3, 0.4) is 0 Å². The summed E-state index contributed by atoms with van der Waals surface area (Å²) >= 11 is 0. The summed E-state index contributed by atoms with van der Waals surface area (Å²) in [6, 6.07) is 8.84. The smallest absolute Gasteiger partial charge is 0.394 e. The van der Waals surface area contributed by atoms with Gasteiger partial charge < -0.3 is 15.7 Å². The van der Waals surface area contributed by atoms with E-state index in [-0.39, 0.29) is 19.6 Å². The number of hydrogen-bond acceptors (Lipinski definition) is 4. The van der Waals surface area contributed by atoms with Crippen LogP contribution in [0.5, 0.6) is 0 Å². The number of rotatable bonds is 6. The molecule has 2 aromatic rings. The van der Waals surface area contributed by atoms with Gasteiger partial charge >= 0.3 is 6.18 Å². The molecular formula is C20H26F3N3O. The van der Waals surface area contributed by atoms with E-state index in [2.05, 4.69) is 15.6 Å². The van der Waals surface area contributed by atoms with Crippen molar-refractivity contribution in [3.05, 3.63) is 53.9 Å². The zero-order valence-electron chi connectivity index (χ0n) is 15.2. The van der Waals surface area contributed by atoms with Crippen molar-refractivity contribution in [2.75, 3.05) is 20.2 Å². The van der Waals surface area contributed by atoms with E-state index in [0.29, 0.717) is 11.1 Å². The van der Waals surface area contributed by atoms with Crippen LogP contribution in [0.15, 0.2) is 42.6 Å². The number of aliphatic hydroxyl groups is 1. The van der Waals surface area contributed by atoms with Crippen molar-refractivity contribution in [3.8, 4) is 11.1 Å². The molecule has 0 radical (unpaired) electrons. The van der Waals surface area contributed by atoms with Gasteiger partial charge in [-0.25, -0.2) is 0 Å². The van der Waals surface area contributed by atoms with Crippen LogP contribution in [0.4, 0.5) is 13.2 Å². The van der Waals surface area contributed by atoms with Gasteiger partial charge in [-0.2, -0.15) is 13.2 Å². The number of alkyl halides is 3. The minimum atomic E-state index is -4.37. The number of nitrogens with one attached hydrogen (secondary N) is 2. The number of nitrogens with zero attached hydrogens (tertiary/aromatic N) is 1. The van der Waals surface area contributed by atoms with Crippen molar-refractivity contribution >= 4 is 0 Å². The van der Waals surface area contributed by atoms with E-state index in [1.54, 1.807) is 18.3 Å². The molecule has 0 unspecified atom stereocenters. The largest absolute Gasteiger partial charge is 0.416 e. The second-order valence-electron chi connectivity index (χ2n) is 7.08. The summed E-state index contributed by atoms with van der Waals surface area (Å²) in [7, 11) is 1.87. The summed E-state index contributed by atoms with van der Waals surface area (Å²) in [5.41, 5.74) is 0.981. The number of benzene rings is 1. The second kappa shape index (κ2) is 7.96. The number of pyridine rings is 1. The van der Waals surface area contributed by atoms with Crippen molar-refractivity contribution in [2.24, 2.45) is 0 Å². The van der Waals surface area contributed by atoms with Crippen LogP contribution in [0.2, 0.25) is 0 Å². The van der Waals surface area contributed by atoms with E-state index in [0.717, 1.165) is 43.6 Å². The second-order valence-corrected chi connectivity index (χ2v) is 7.08. The Bertz CT molecular complexity index is 787. The van der Waals surface area contributed by atoms with E-state index >= 15 is 0 Å². The van der Waals surface area contributed by atoms with E-state index in [1.165, 1.54) is 6.07 Å². The third kappa shape index (κ3) is 4.48. The molecule has 0 amide bonds. The first-order valence-corrected chi connectivity index (χ1v) is 9.04. The Morgan fingerprint density at radius 1 is 1.30 bits per heavy atom. The van der Waals surface area contributed by atoms with E-state index in [4.69, 9.17) is 0 Å². The van der Waals surface area contributed by atoms with Crippen LogP contribution in [0.1, 0.15) is 38.0 Å². The zero-order chi connectivity index (χ0) is 19.5. The Balaban J connectivity index is 0.00000280.